The summed E-state index contributed by atoms with van der Waals surface area (Å²) in [7, 11) is 0. The van der Waals surface area contributed by atoms with Gasteiger partial charge in [0.2, 0.25) is 5.91 Å². The molecule has 0 aromatic heterocycles. The Balaban J connectivity index is 4.64. The highest BCUT2D eigenvalue weighted by atomic mass is 16.5. The van der Waals surface area contributed by atoms with Crippen molar-refractivity contribution in [3.63, 3.8) is 0 Å². The van der Waals surface area contributed by atoms with Crippen LogP contribution in [-0.2, 0) is 14.3 Å². The molecule has 3 unspecified atom stereocenters. The Hall–Kier alpha value is -2.96. The van der Waals surface area contributed by atoms with E-state index in [9.17, 15) is 19.8 Å². The molecule has 0 aliphatic rings. The van der Waals surface area contributed by atoms with Crippen LogP contribution in [-0.4, -0.2) is 46.9 Å². The molecule has 0 aliphatic carbocycles. The molecule has 0 aliphatic heterocycles. The molecule has 0 spiro atoms. The molecule has 3 atom stereocenters. The van der Waals surface area contributed by atoms with Crippen molar-refractivity contribution < 1.29 is 24.5 Å². The van der Waals surface area contributed by atoms with Gasteiger partial charge in [-0.1, -0.05) is 254 Å². The van der Waals surface area contributed by atoms with E-state index in [1.54, 1.807) is 0 Å². The van der Waals surface area contributed by atoms with Gasteiger partial charge in [0.25, 0.3) is 0 Å². The van der Waals surface area contributed by atoms with Gasteiger partial charge in [-0.3, -0.25) is 9.59 Å². The third kappa shape index (κ3) is 47.3. The number of ether oxygens (including phenoxy) is 1. The second kappa shape index (κ2) is 52.0. The molecule has 0 aromatic carbocycles. The molecule has 6 nitrogen and oxygen atoms in total. The Morgan fingerprint density at radius 2 is 0.846 bits per heavy atom. The second-order valence-corrected chi connectivity index (χ2v) is 18.4. The lowest BCUT2D eigenvalue weighted by Gasteiger charge is -2.24. The van der Waals surface area contributed by atoms with Gasteiger partial charge in [0.15, 0.2) is 0 Å². The normalized spacial score (nSPS) is 13.9. The maximum atomic E-state index is 13.2. The number of hydrogen-bond acceptors (Lipinski definition) is 5. The van der Waals surface area contributed by atoms with E-state index in [4.69, 9.17) is 4.74 Å². The van der Waals surface area contributed by atoms with Gasteiger partial charge < -0.3 is 20.3 Å². The zero-order valence-corrected chi connectivity index (χ0v) is 42.6. The number of aliphatic hydroxyl groups is 2. The topological polar surface area (TPSA) is 95.9 Å². The standard InChI is InChI=1S/C59H103NO5/c1-4-7-10-13-16-19-22-25-27-29-31-34-37-40-43-46-49-52-59(64)65-55(50-47-44-41-38-35-32-24-21-18-15-12-9-6-3)53-58(63)60-56(54-61)57(62)51-48-45-42-39-36-33-30-28-26-23-20-17-14-11-8-5-2/h7,10,13,16,19,21-22,24-25,27,29,31,34,37,55-57,61-62H,4-6,8-9,11-12,14-15,17-18,20,23,26,28,30,32-33,35-36,38-54H2,1-3H3,(H,60,63)/b10-7-,16-13+,22-19+,24-21-,27-25-,31-29+,37-34+. The summed E-state index contributed by atoms with van der Waals surface area (Å²) in [4.78, 5) is 26.2. The Morgan fingerprint density at radius 3 is 1.32 bits per heavy atom. The molecular weight excluding hydrogens is 803 g/mol. The van der Waals surface area contributed by atoms with Crippen molar-refractivity contribution in [2.75, 3.05) is 6.61 Å². The van der Waals surface area contributed by atoms with Crippen molar-refractivity contribution in [2.24, 2.45) is 0 Å². The molecule has 0 fully saturated rings. The van der Waals surface area contributed by atoms with E-state index in [1.807, 2.05) is 48.6 Å². The summed E-state index contributed by atoms with van der Waals surface area (Å²) in [6.07, 6.45) is 67.8. The van der Waals surface area contributed by atoms with Crippen LogP contribution in [0.3, 0.4) is 0 Å². The highest BCUT2D eigenvalue weighted by Crippen LogP contribution is 2.18. The first-order chi connectivity index (χ1) is 32.0. The molecule has 0 bridgehead atoms. The van der Waals surface area contributed by atoms with Gasteiger partial charge in [0, 0.05) is 6.42 Å². The highest BCUT2D eigenvalue weighted by Gasteiger charge is 2.24. The van der Waals surface area contributed by atoms with Crippen LogP contribution in [0.1, 0.15) is 252 Å². The summed E-state index contributed by atoms with van der Waals surface area (Å²) in [6, 6.07) is -0.718. The van der Waals surface area contributed by atoms with Gasteiger partial charge >= 0.3 is 5.97 Å². The molecule has 374 valence electrons. The first-order valence-corrected chi connectivity index (χ1v) is 27.4. The fourth-order valence-electron chi connectivity index (χ4n) is 7.99. The predicted octanol–water partition coefficient (Wildman–Crippen LogP) is 16.7. The van der Waals surface area contributed by atoms with Gasteiger partial charge in [0.05, 0.1) is 25.2 Å². The maximum Gasteiger partial charge on any atom is 0.306 e. The average Bonchev–Trinajstić information content (AvgIpc) is 3.30. The van der Waals surface area contributed by atoms with E-state index in [-0.39, 0.29) is 24.9 Å². The third-order valence-electron chi connectivity index (χ3n) is 12.1. The molecule has 3 N–H and O–H groups in total. The van der Waals surface area contributed by atoms with Crippen LogP contribution in [0.5, 0.6) is 0 Å². The van der Waals surface area contributed by atoms with E-state index >= 15 is 0 Å². The third-order valence-corrected chi connectivity index (χ3v) is 12.1. The number of aliphatic hydroxyl groups excluding tert-OH is 2. The van der Waals surface area contributed by atoms with Gasteiger partial charge in [0.1, 0.15) is 6.10 Å². The van der Waals surface area contributed by atoms with Crippen LogP contribution >= 0.6 is 0 Å². The number of esters is 1. The molecule has 1 amide bonds. The largest absolute Gasteiger partial charge is 0.462 e. The minimum atomic E-state index is -0.802. The summed E-state index contributed by atoms with van der Waals surface area (Å²) >= 11 is 0. The number of nitrogens with one attached hydrogen (secondary N) is 1. The SMILES string of the molecule is CC\C=C/C=C/C=C/C=C\C=C\C=C\CCCCCC(=O)OC(CCCCCCC/C=C\CCCCCC)CC(=O)NC(CO)C(O)CCCCCCCCCCCCCCCCCC. The summed E-state index contributed by atoms with van der Waals surface area (Å²) in [5.41, 5.74) is 0. The molecule has 0 aromatic rings. The van der Waals surface area contributed by atoms with Crippen molar-refractivity contribution in [3.05, 3.63) is 85.1 Å². The van der Waals surface area contributed by atoms with E-state index in [2.05, 4.69) is 62.5 Å². The fourth-order valence-corrected chi connectivity index (χ4v) is 7.99. The number of unbranched alkanes of at least 4 members (excludes halogenated alkanes) is 27. The predicted molar refractivity (Wildman–Crippen MR) is 282 cm³/mol. The van der Waals surface area contributed by atoms with Gasteiger partial charge in [-0.05, 0) is 70.6 Å². The van der Waals surface area contributed by atoms with Crippen molar-refractivity contribution >= 4 is 11.9 Å². The number of allylic oxidation sites excluding steroid dienone is 14. The Kier molecular flexibility index (Phi) is 49.6. The zero-order valence-electron chi connectivity index (χ0n) is 42.6. The van der Waals surface area contributed by atoms with E-state index in [0.29, 0.717) is 19.3 Å². The maximum absolute atomic E-state index is 13.2. The number of hydrogen-bond donors (Lipinski definition) is 3. The Morgan fingerprint density at radius 1 is 0.462 bits per heavy atom. The summed E-state index contributed by atoms with van der Waals surface area (Å²) in [5, 5.41) is 23.8. The molecule has 0 saturated carbocycles. The number of rotatable bonds is 48. The van der Waals surface area contributed by atoms with Crippen molar-refractivity contribution in [2.45, 2.75) is 270 Å². The minimum Gasteiger partial charge on any atom is -0.462 e. The number of carbonyl (C=O) groups is 2. The molecule has 6 heteroatoms. The zero-order chi connectivity index (χ0) is 47.4. The smallest absolute Gasteiger partial charge is 0.306 e. The molecule has 0 rings (SSSR count). The van der Waals surface area contributed by atoms with Crippen LogP contribution < -0.4 is 5.32 Å². The van der Waals surface area contributed by atoms with E-state index in [1.165, 1.54) is 128 Å². The van der Waals surface area contributed by atoms with Crippen LogP contribution in [0.4, 0.5) is 0 Å². The van der Waals surface area contributed by atoms with Crippen molar-refractivity contribution in [3.8, 4) is 0 Å². The summed E-state index contributed by atoms with van der Waals surface area (Å²) in [5.74, 6) is -0.534. The lowest BCUT2D eigenvalue weighted by atomic mass is 10.0. The van der Waals surface area contributed by atoms with Crippen molar-refractivity contribution in [1.82, 2.24) is 5.32 Å². The highest BCUT2D eigenvalue weighted by molar-refractivity contribution is 5.77. The number of carbonyl (C=O) groups excluding carboxylic acids is 2. The van der Waals surface area contributed by atoms with Crippen LogP contribution in [0.15, 0.2) is 85.1 Å². The fraction of sp³-hybridized carbons (Fsp3) is 0.729. The van der Waals surface area contributed by atoms with Crippen LogP contribution in [0.2, 0.25) is 0 Å². The first kappa shape index (κ1) is 62.0. The van der Waals surface area contributed by atoms with E-state index in [0.717, 1.165) is 77.0 Å². The summed E-state index contributed by atoms with van der Waals surface area (Å²) in [6.45, 7) is 6.32. The van der Waals surface area contributed by atoms with E-state index < -0.39 is 18.2 Å². The average molecular weight is 906 g/mol. The van der Waals surface area contributed by atoms with Gasteiger partial charge in [-0.15, -0.1) is 0 Å². The van der Waals surface area contributed by atoms with Gasteiger partial charge in [-0.2, -0.15) is 0 Å². The molecular formula is C59H103NO5. The van der Waals surface area contributed by atoms with Crippen LogP contribution in [0.25, 0.3) is 0 Å². The minimum absolute atomic E-state index is 0.0501. The monoisotopic (exact) mass is 906 g/mol. The van der Waals surface area contributed by atoms with Gasteiger partial charge in [-0.25, -0.2) is 0 Å². The lowest BCUT2D eigenvalue weighted by Crippen LogP contribution is -2.46. The number of amides is 1. The molecule has 0 saturated heterocycles. The Bertz CT molecular complexity index is 1250. The molecule has 65 heavy (non-hydrogen) atoms. The lowest BCUT2D eigenvalue weighted by molar-refractivity contribution is -0.151. The van der Waals surface area contributed by atoms with Crippen molar-refractivity contribution in [1.29, 1.82) is 0 Å². The molecule has 0 radical (unpaired) electrons. The first-order valence-electron chi connectivity index (χ1n) is 27.4. The summed E-state index contributed by atoms with van der Waals surface area (Å²) < 4.78 is 5.92. The van der Waals surface area contributed by atoms with Crippen LogP contribution in [0, 0.1) is 0 Å². The quantitative estimate of drug-likeness (QED) is 0.0245. The Labute approximate surface area is 402 Å². The molecule has 0 heterocycles. The second-order valence-electron chi connectivity index (χ2n) is 18.4.